The molecule has 6 nitrogen and oxygen atoms in total. The van der Waals surface area contributed by atoms with Crippen molar-refractivity contribution in [3.63, 3.8) is 0 Å². The fourth-order valence-corrected chi connectivity index (χ4v) is 3.88. The Labute approximate surface area is 186 Å². The lowest BCUT2D eigenvalue weighted by Crippen LogP contribution is -2.01. The van der Waals surface area contributed by atoms with Gasteiger partial charge in [-0.25, -0.2) is 4.98 Å². The Hall–Kier alpha value is -4.11. The zero-order chi connectivity index (χ0) is 22.1. The van der Waals surface area contributed by atoms with Gasteiger partial charge in [-0.3, -0.25) is 0 Å². The van der Waals surface area contributed by atoms with E-state index in [0.717, 1.165) is 39.2 Å². The molecule has 2 aromatic carbocycles. The maximum absolute atomic E-state index is 8.67. The predicted molar refractivity (Wildman–Crippen MR) is 126 cm³/mol. The molecular weight excluding hydrogens is 398 g/mol. The number of fused-ring (bicyclic) bond motifs is 1. The number of ether oxygens (including phenoxy) is 1. The summed E-state index contributed by atoms with van der Waals surface area (Å²) < 4.78 is 6.35. The van der Waals surface area contributed by atoms with Gasteiger partial charge in [-0.05, 0) is 79.1 Å². The van der Waals surface area contributed by atoms with Crippen LogP contribution < -0.4 is 10.1 Å². The molecule has 6 heteroatoms. The van der Waals surface area contributed by atoms with Crippen LogP contribution in [-0.4, -0.2) is 15.0 Å². The van der Waals surface area contributed by atoms with Gasteiger partial charge < -0.3 is 15.0 Å². The summed E-state index contributed by atoms with van der Waals surface area (Å²) in [6.07, 6.45) is 7.60. The summed E-state index contributed by atoms with van der Waals surface area (Å²) in [7, 11) is 0. The number of nitriles is 1. The molecule has 0 atom stereocenters. The molecule has 0 amide bonds. The van der Waals surface area contributed by atoms with Crippen molar-refractivity contribution >= 4 is 28.7 Å². The fourth-order valence-electron chi connectivity index (χ4n) is 3.88. The third kappa shape index (κ3) is 4.06. The van der Waals surface area contributed by atoms with E-state index in [0.29, 0.717) is 17.7 Å². The van der Waals surface area contributed by atoms with Crippen LogP contribution in [0.4, 0.5) is 11.6 Å². The van der Waals surface area contributed by atoms with Crippen LogP contribution in [0.3, 0.4) is 0 Å². The van der Waals surface area contributed by atoms with E-state index < -0.39 is 0 Å². The molecule has 158 valence electrons. The second-order valence-corrected chi connectivity index (χ2v) is 8.16. The van der Waals surface area contributed by atoms with Crippen LogP contribution >= 0.6 is 0 Å². The van der Waals surface area contributed by atoms with Gasteiger partial charge in [0.05, 0.1) is 11.6 Å². The number of nitrogens with zero attached hydrogens (tertiary/aromatic N) is 3. The number of aromatic nitrogens is 3. The lowest BCUT2D eigenvalue weighted by molar-refractivity contribution is 0.460. The van der Waals surface area contributed by atoms with E-state index in [-0.39, 0.29) is 0 Å². The molecule has 1 aliphatic rings. The highest BCUT2D eigenvalue weighted by atomic mass is 16.5. The molecule has 0 bridgehead atoms. The summed E-state index contributed by atoms with van der Waals surface area (Å²) in [6.45, 7) is 4.17. The third-order valence-electron chi connectivity index (χ3n) is 5.62. The number of nitrogens with one attached hydrogen (secondary N) is 2. The quantitative estimate of drug-likeness (QED) is 0.346. The number of allylic oxidation sites excluding steroid dienone is 1. The summed E-state index contributed by atoms with van der Waals surface area (Å²) in [4.78, 5) is 12.5. The van der Waals surface area contributed by atoms with Crippen LogP contribution in [0.15, 0.2) is 54.7 Å². The van der Waals surface area contributed by atoms with Crippen molar-refractivity contribution in [2.75, 3.05) is 5.32 Å². The van der Waals surface area contributed by atoms with Crippen molar-refractivity contribution in [3.05, 3.63) is 77.0 Å². The number of rotatable bonds is 6. The number of aromatic amines is 1. The molecule has 1 saturated carbocycles. The minimum absolute atomic E-state index is 0.456. The fraction of sp³-hybridized carbons (Fsp3) is 0.192. The smallest absolute Gasteiger partial charge is 0.248 e. The molecule has 5 rings (SSSR count). The van der Waals surface area contributed by atoms with Gasteiger partial charge in [0.15, 0.2) is 0 Å². The molecule has 2 N–H and O–H groups in total. The molecule has 4 aromatic rings. The summed E-state index contributed by atoms with van der Waals surface area (Å²) in [6, 6.07) is 16.1. The largest absolute Gasteiger partial charge is 0.436 e. The van der Waals surface area contributed by atoms with E-state index in [1.807, 2.05) is 42.6 Å². The molecule has 0 unspecified atom stereocenters. The number of benzene rings is 2. The number of hydrogen-bond acceptors (Lipinski definition) is 5. The molecule has 0 saturated heterocycles. The van der Waals surface area contributed by atoms with Gasteiger partial charge in [-0.1, -0.05) is 24.3 Å². The highest BCUT2D eigenvalue weighted by Crippen LogP contribution is 2.43. The number of hydrogen-bond donors (Lipinski definition) is 2. The summed E-state index contributed by atoms with van der Waals surface area (Å²) in [5.41, 5.74) is 6.95. The lowest BCUT2D eigenvalue weighted by atomic mass is 10.0. The zero-order valence-electron chi connectivity index (χ0n) is 18.0. The molecule has 1 aliphatic carbocycles. The first-order chi connectivity index (χ1) is 15.6. The van der Waals surface area contributed by atoms with Gasteiger partial charge in [0, 0.05) is 18.0 Å². The highest BCUT2D eigenvalue weighted by molar-refractivity contribution is 5.82. The van der Waals surface area contributed by atoms with E-state index in [9.17, 15) is 0 Å². The van der Waals surface area contributed by atoms with Gasteiger partial charge in [0.25, 0.3) is 0 Å². The molecule has 2 aromatic heterocycles. The standard InChI is InChI=1S/C26H23N5O/c1-16-14-20(19-7-8-19)15-17(2)24(16)32-25-23-22(11-13-28-23)30-26(31-25)29-21-9-5-18(6-10-21)4-3-12-27/h3-6,9-11,13-15,19,28H,7-8H2,1-2H3,(H,29,30,31)/b4-3+. The van der Waals surface area contributed by atoms with Crippen molar-refractivity contribution in [1.82, 2.24) is 15.0 Å². The van der Waals surface area contributed by atoms with Crippen LogP contribution in [0.5, 0.6) is 11.6 Å². The van der Waals surface area contributed by atoms with Crippen LogP contribution in [0, 0.1) is 25.2 Å². The second-order valence-electron chi connectivity index (χ2n) is 8.16. The Morgan fingerprint density at radius 3 is 2.53 bits per heavy atom. The van der Waals surface area contributed by atoms with E-state index in [2.05, 4.69) is 46.2 Å². The van der Waals surface area contributed by atoms with Gasteiger partial charge in [-0.2, -0.15) is 10.2 Å². The monoisotopic (exact) mass is 421 g/mol. The van der Waals surface area contributed by atoms with Gasteiger partial charge >= 0.3 is 0 Å². The predicted octanol–water partition coefficient (Wildman–Crippen LogP) is 6.52. The molecule has 0 aliphatic heterocycles. The zero-order valence-corrected chi connectivity index (χ0v) is 18.0. The Bertz CT molecular complexity index is 1330. The molecule has 1 fully saturated rings. The minimum Gasteiger partial charge on any atom is -0.436 e. The van der Waals surface area contributed by atoms with Gasteiger partial charge in [-0.15, -0.1) is 0 Å². The van der Waals surface area contributed by atoms with Crippen LogP contribution in [0.25, 0.3) is 17.1 Å². The normalized spacial score (nSPS) is 13.4. The highest BCUT2D eigenvalue weighted by Gasteiger charge is 2.25. The Balaban J connectivity index is 1.45. The van der Waals surface area contributed by atoms with Crippen molar-refractivity contribution in [3.8, 4) is 17.7 Å². The first-order valence-corrected chi connectivity index (χ1v) is 10.7. The van der Waals surface area contributed by atoms with Crippen molar-refractivity contribution in [1.29, 1.82) is 5.26 Å². The van der Waals surface area contributed by atoms with Crippen LogP contribution in [-0.2, 0) is 0 Å². The maximum atomic E-state index is 8.67. The third-order valence-corrected chi connectivity index (χ3v) is 5.62. The summed E-state index contributed by atoms with van der Waals surface area (Å²) in [5, 5.41) is 11.9. The molecule has 2 heterocycles. The molecule has 32 heavy (non-hydrogen) atoms. The van der Waals surface area contributed by atoms with Gasteiger partial charge in [0.1, 0.15) is 11.3 Å². The van der Waals surface area contributed by atoms with Gasteiger partial charge in [0.2, 0.25) is 11.8 Å². The Kier molecular flexibility index (Phi) is 5.08. The second kappa shape index (κ2) is 8.20. The van der Waals surface area contributed by atoms with Crippen molar-refractivity contribution < 1.29 is 4.74 Å². The Morgan fingerprint density at radius 2 is 1.84 bits per heavy atom. The lowest BCUT2D eigenvalue weighted by Gasteiger charge is -2.14. The molecule has 0 spiro atoms. The minimum atomic E-state index is 0.456. The first kappa shape index (κ1) is 19.8. The maximum Gasteiger partial charge on any atom is 0.248 e. The SMILES string of the molecule is Cc1cc(C2CC2)cc(C)c1Oc1nc(Nc2ccc(/C=C/C#N)cc2)nc2cc[nH]c12. The van der Waals surface area contributed by atoms with E-state index in [4.69, 9.17) is 10.00 Å². The first-order valence-electron chi connectivity index (χ1n) is 10.7. The molecular formula is C26H23N5O. The number of aryl methyl sites for hydroxylation is 2. The molecule has 0 radical (unpaired) electrons. The number of H-pyrrole nitrogens is 1. The van der Waals surface area contributed by atoms with E-state index in [1.54, 1.807) is 6.08 Å². The summed E-state index contributed by atoms with van der Waals surface area (Å²) in [5.74, 6) is 2.48. The van der Waals surface area contributed by atoms with E-state index >= 15 is 0 Å². The van der Waals surface area contributed by atoms with E-state index in [1.165, 1.54) is 24.5 Å². The topological polar surface area (TPSA) is 86.6 Å². The average molecular weight is 422 g/mol. The number of anilines is 2. The van der Waals surface area contributed by atoms with Crippen molar-refractivity contribution in [2.24, 2.45) is 0 Å². The van der Waals surface area contributed by atoms with Crippen molar-refractivity contribution in [2.45, 2.75) is 32.6 Å². The summed E-state index contributed by atoms with van der Waals surface area (Å²) >= 11 is 0. The Morgan fingerprint density at radius 1 is 1.09 bits per heavy atom. The van der Waals surface area contributed by atoms with Crippen LogP contribution in [0.2, 0.25) is 0 Å². The van der Waals surface area contributed by atoms with Crippen LogP contribution in [0.1, 0.15) is 41.0 Å². The average Bonchev–Trinajstić information content (AvgIpc) is 3.53.